The first-order valence-corrected chi connectivity index (χ1v) is 8.17. The lowest BCUT2D eigenvalue weighted by Gasteiger charge is -2.08. The van der Waals surface area contributed by atoms with Gasteiger partial charge in [0, 0.05) is 5.56 Å². The third-order valence-corrected chi connectivity index (χ3v) is 4.50. The Bertz CT molecular complexity index is 457. The normalized spacial score (nSPS) is 16.3. The van der Waals surface area contributed by atoms with E-state index in [-0.39, 0.29) is 18.2 Å². The molecular formula is C18H29ClN2. The number of nitrogens with two attached hydrogens (primary N) is 1. The van der Waals surface area contributed by atoms with E-state index >= 15 is 0 Å². The molecule has 1 aromatic carbocycles. The van der Waals surface area contributed by atoms with Crippen LogP contribution in [0.1, 0.15) is 68.6 Å². The molecule has 1 unspecified atom stereocenters. The molecule has 0 heterocycles. The predicted octanol–water partition coefficient (Wildman–Crippen LogP) is 4.86. The quantitative estimate of drug-likeness (QED) is 0.402. The molecule has 0 bridgehead atoms. The highest BCUT2D eigenvalue weighted by atomic mass is 35.5. The average Bonchev–Trinajstić information content (AvgIpc) is 2.84. The van der Waals surface area contributed by atoms with Crippen molar-refractivity contribution in [2.24, 2.45) is 11.7 Å². The Kier molecular flexibility index (Phi) is 7.81. The largest absolute Gasteiger partial charge is 0.384 e. The van der Waals surface area contributed by atoms with E-state index in [2.05, 4.69) is 19.1 Å². The van der Waals surface area contributed by atoms with Crippen molar-refractivity contribution < 1.29 is 0 Å². The molecule has 0 fully saturated rings. The van der Waals surface area contributed by atoms with E-state index in [9.17, 15) is 0 Å². The Labute approximate surface area is 135 Å². The van der Waals surface area contributed by atoms with E-state index in [1.54, 1.807) is 0 Å². The number of fused-ring (bicyclic) bond motifs is 1. The van der Waals surface area contributed by atoms with Crippen LogP contribution >= 0.6 is 12.4 Å². The monoisotopic (exact) mass is 308 g/mol. The molecule has 118 valence electrons. The first-order valence-electron chi connectivity index (χ1n) is 8.17. The second-order valence-corrected chi connectivity index (χ2v) is 6.23. The maximum Gasteiger partial charge on any atom is 0.122 e. The maximum atomic E-state index is 7.52. The lowest BCUT2D eigenvalue weighted by Crippen LogP contribution is -2.11. The fraction of sp³-hybridized carbons (Fsp3) is 0.611. The molecule has 1 atom stereocenters. The van der Waals surface area contributed by atoms with Gasteiger partial charge in [-0.05, 0) is 42.4 Å². The summed E-state index contributed by atoms with van der Waals surface area (Å²) < 4.78 is 0. The van der Waals surface area contributed by atoms with Gasteiger partial charge in [-0.1, -0.05) is 57.6 Å². The third-order valence-electron chi connectivity index (χ3n) is 4.50. The smallest absolute Gasteiger partial charge is 0.122 e. The summed E-state index contributed by atoms with van der Waals surface area (Å²) in [6.07, 6.45) is 12.1. The summed E-state index contributed by atoms with van der Waals surface area (Å²) in [5.41, 5.74) is 9.35. The molecule has 21 heavy (non-hydrogen) atoms. The number of hydrogen-bond donors (Lipinski definition) is 2. The number of hydrogen-bond acceptors (Lipinski definition) is 1. The van der Waals surface area contributed by atoms with Gasteiger partial charge in [0.2, 0.25) is 0 Å². The topological polar surface area (TPSA) is 49.9 Å². The van der Waals surface area contributed by atoms with Crippen LogP contribution in [0.25, 0.3) is 0 Å². The van der Waals surface area contributed by atoms with Gasteiger partial charge in [-0.3, -0.25) is 5.41 Å². The van der Waals surface area contributed by atoms with E-state index in [1.807, 2.05) is 6.07 Å². The summed E-state index contributed by atoms with van der Waals surface area (Å²) in [7, 11) is 0. The Morgan fingerprint density at radius 1 is 1.10 bits per heavy atom. The zero-order valence-corrected chi connectivity index (χ0v) is 14.0. The van der Waals surface area contributed by atoms with Crippen LogP contribution in [0.5, 0.6) is 0 Å². The van der Waals surface area contributed by atoms with Gasteiger partial charge in [0.15, 0.2) is 0 Å². The molecular weight excluding hydrogens is 280 g/mol. The number of nitrogens with one attached hydrogen (secondary N) is 1. The summed E-state index contributed by atoms with van der Waals surface area (Å²) in [5, 5.41) is 7.52. The minimum absolute atomic E-state index is 0. The molecule has 0 radical (unpaired) electrons. The summed E-state index contributed by atoms with van der Waals surface area (Å²) in [5.74, 6) is 1.01. The zero-order chi connectivity index (χ0) is 14.4. The number of benzene rings is 1. The fourth-order valence-electron chi connectivity index (χ4n) is 3.29. The molecule has 3 N–H and O–H groups in total. The van der Waals surface area contributed by atoms with Gasteiger partial charge in [-0.15, -0.1) is 12.4 Å². The van der Waals surface area contributed by atoms with Gasteiger partial charge < -0.3 is 5.73 Å². The molecule has 0 saturated carbocycles. The molecule has 3 heteroatoms. The first kappa shape index (κ1) is 18.0. The molecule has 1 aromatic rings. The van der Waals surface area contributed by atoms with Crippen LogP contribution in [0.3, 0.4) is 0 Å². The van der Waals surface area contributed by atoms with Crippen molar-refractivity contribution in [1.29, 1.82) is 5.41 Å². The highest BCUT2D eigenvalue weighted by molar-refractivity contribution is 5.95. The second kappa shape index (κ2) is 9.09. The van der Waals surface area contributed by atoms with Crippen molar-refractivity contribution in [1.82, 2.24) is 0 Å². The number of rotatable bonds is 8. The lowest BCUT2D eigenvalue weighted by molar-refractivity contribution is 0.469. The van der Waals surface area contributed by atoms with Crippen molar-refractivity contribution in [3.63, 3.8) is 0 Å². The Morgan fingerprint density at radius 3 is 2.48 bits per heavy atom. The van der Waals surface area contributed by atoms with E-state index in [4.69, 9.17) is 11.1 Å². The molecule has 1 aliphatic rings. The van der Waals surface area contributed by atoms with Gasteiger partial charge >= 0.3 is 0 Å². The molecule has 0 aromatic heterocycles. The molecule has 2 rings (SSSR count). The van der Waals surface area contributed by atoms with Crippen molar-refractivity contribution >= 4 is 18.2 Å². The minimum atomic E-state index is 0. The van der Waals surface area contributed by atoms with Crippen LogP contribution in [0.4, 0.5) is 0 Å². The van der Waals surface area contributed by atoms with Gasteiger partial charge in [0.05, 0.1) is 0 Å². The maximum absolute atomic E-state index is 7.52. The van der Waals surface area contributed by atoms with Crippen LogP contribution in [0.15, 0.2) is 18.2 Å². The van der Waals surface area contributed by atoms with Crippen LogP contribution in [0, 0.1) is 11.3 Å². The molecule has 2 nitrogen and oxygen atoms in total. The van der Waals surface area contributed by atoms with Crippen molar-refractivity contribution in [2.75, 3.05) is 0 Å². The molecule has 0 amide bonds. The second-order valence-electron chi connectivity index (χ2n) is 6.23. The van der Waals surface area contributed by atoms with Gasteiger partial charge in [0.25, 0.3) is 0 Å². The van der Waals surface area contributed by atoms with Crippen LogP contribution in [0.2, 0.25) is 0 Å². The molecule has 0 spiro atoms. The van der Waals surface area contributed by atoms with Gasteiger partial charge in [0.1, 0.15) is 5.84 Å². The lowest BCUT2D eigenvalue weighted by atomic mass is 9.97. The number of halogens is 1. The number of unbranched alkanes of at least 4 members (excludes halogenated alkanes) is 5. The van der Waals surface area contributed by atoms with Crippen LogP contribution in [-0.4, -0.2) is 5.84 Å². The number of amidine groups is 1. The predicted molar refractivity (Wildman–Crippen MR) is 93.6 cm³/mol. The third kappa shape index (κ3) is 5.35. The molecule has 0 aliphatic heterocycles. The van der Waals surface area contributed by atoms with Gasteiger partial charge in [-0.25, -0.2) is 0 Å². The fourth-order valence-corrected chi connectivity index (χ4v) is 3.29. The highest BCUT2D eigenvalue weighted by Gasteiger charge is 2.21. The Hall–Kier alpha value is -1.02. The van der Waals surface area contributed by atoms with Crippen molar-refractivity contribution in [2.45, 2.75) is 64.7 Å². The van der Waals surface area contributed by atoms with Crippen LogP contribution < -0.4 is 5.73 Å². The molecule has 1 aliphatic carbocycles. The summed E-state index contributed by atoms with van der Waals surface area (Å²) in [6.45, 7) is 2.27. The van der Waals surface area contributed by atoms with Crippen LogP contribution in [-0.2, 0) is 12.8 Å². The van der Waals surface area contributed by atoms with E-state index in [0.717, 1.165) is 11.5 Å². The zero-order valence-electron chi connectivity index (χ0n) is 13.2. The SMILES string of the molecule is CCCCCCCCC1Cc2ccc(C(=N)N)cc2C1.Cl. The van der Waals surface area contributed by atoms with E-state index in [0.29, 0.717) is 0 Å². The van der Waals surface area contributed by atoms with E-state index in [1.165, 1.54) is 68.9 Å². The summed E-state index contributed by atoms with van der Waals surface area (Å²) in [4.78, 5) is 0. The highest BCUT2D eigenvalue weighted by Crippen LogP contribution is 2.30. The molecule has 0 saturated heterocycles. The standard InChI is InChI=1S/C18H28N2.ClH/c1-2-3-4-5-6-7-8-14-11-15-9-10-16(18(19)20)13-17(15)12-14;/h9-10,13-14H,2-8,11-12H2,1H3,(H3,19,20);1H. The van der Waals surface area contributed by atoms with Crippen molar-refractivity contribution in [3.8, 4) is 0 Å². The van der Waals surface area contributed by atoms with E-state index < -0.39 is 0 Å². The Morgan fingerprint density at radius 2 is 1.76 bits per heavy atom. The van der Waals surface area contributed by atoms with Gasteiger partial charge in [-0.2, -0.15) is 0 Å². The minimum Gasteiger partial charge on any atom is -0.384 e. The summed E-state index contributed by atoms with van der Waals surface area (Å²) >= 11 is 0. The number of nitrogen functional groups attached to an aromatic ring is 1. The van der Waals surface area contributed by atoms with Crippen molar-refractivity contribution in [3.05, 3.63) is 34.9 Å². The Balaban J connectivity index is 0.00000220. The summed E-state index contributed by atoms with van der Waals surface area (Å²) in [6, 6.07) is 6.29. The first-order chi connectivity index (χ1) is 9.70. The average molecular weight is 309 g/mol.